The van der Waals surface area contributed by atoms with Gasteiger partial charge in [-0.25, -0.2) is 4.39 Å². The van der Waals surface area contributed by atoms with E-state index in [-0.39, 0.29) is 5.69 Å². The molecule has 0 radical (unpaired) electrons. The highest BCUT2D eigenvalue weighted by Gasteiger charge is 2.34. The van der Waals surface area contributed by atoms with E-state index >= 15 is 0 Å². The Morgan fingerprint density at radius 1 is 1.00 bits per heavy atom. The smallest absolute Gasteiger partial charge is 0.345 e. The summed E-state index contributed by atoms with van der Waals surface area (Å²) in [6.45, 7) is 0. The van der Waals surface area contributed by atoms with E-state index in [4.69, 9.17) is 5.26 Å². The molecule has 0 heterocycles. The van der Waals surface area contributed by atoms with Gasteiger partial charge in [0.15, 0.2) is 0 Å². The lowest BCUT2D eigenvalue weighted by Gasteiger charge is -2.21. The number of benzene rings is 2. The molecule has 108 valence electrons. The van der Waals surface area contributed by atoms with Crippen LogP contribution in [0.25, 0.3) is 0 Å². The number of hydrogen-bond acceptors (Lipinski definition) is 2. The minimum atomic E-state index is -4.61. The van der Waals surface area contributed by atoms with Crippen molar-refractivity contribution >= 4 is 11.4 Å². The Labute approximate surface area is 118 Å². The lowest BCUT2D eigenvalue weighted by atomic mass is 10.1. The Bertz CT molecular complexity index is 684. The number of anilines is 2. The Hall–Kier alpha value is -2.55. The lowest BCUT2D eigenvalue weighted by molar-refractivity contribution is -0.137. The molecule has 0 aliphatic heterocycles. The van der Waals surface area contributed by atoms with E-state index in [0.29, 0.717) is 5.69 Å². The molecule has 0 aliphatic rings. The molecule has 21 heavy (non-hydrogen) atoms. The van der Waals surface area contributed by atoms with Crippen LogP contribution in [0.4, 0.5) is 28.9 Å². The Kier molecular flexibility index (Phi) is 3.85. The molecule has 0 amide bonds. The predicted molar refractivity (Wildman–Crippen MR) is 70.6 cm³/mol. The highest BCUT2D eigenvalue weighted by Crippen LogP contribution is 2.35. The first-order valence-electron chi connectivity index (χ1n) is 5.93. The van der Waals surface area contributed by atoms with Crippen LogP contribution in [-0.2, 0) is 6.18 Å². The third-order valence-corrected chi connectivity index (χ3v) is 3.03. The molecule has 2 nitrogen and oxygen atoms in total. The summed E-state index contributed by atoms with van der Waals surface area (Å²) in [4.78, 5) is 1.48. The normalized spacial score (nSPS) is 11.0. The van der Waals surface area contributed by atoms with Gasteiger partial charge in [-0.2, -0.15) is 18.4 Å². The molecule has 0 aliphatic carbocycles. The number of rotatable bonds is 2. The van der Waals surface area contributed by atoms with Crippen LogP contribution in [0.3, 0.4) is 0 Å². The molecule has 0 aromatic heterocycles. The highest BCUT2D eigenvalue weighted by atomic mass is 19.4. The fraction of sp³-hybridized carbons (Fsp3) is 0.133. The van der Waals surface area contributed by atoms with Gasteiger partial charge in [0, 0.05) is 18.4 Å². The summed E-state index contributed by atoms with van der Waals surface area (Å²) in [5.74, 6) is -0.428. The molecule has 6 heteroatoms. The zero-order chi connectivity index (χ0) is 15.6. The second-order valence-corrected chi connectivity index (χ2v) is 4.37. The van der Waals surface area contributed by atoms with Crippen molar-refractivity contribution in [1.29, 1.82) is 5.26 Å². The molecule has 2 aromatic carbocycles. The van der Waals surface area contributed by atoms with E-state index in [1.165, 1.54) is 41.3 Å². The van der Waals surface area contributed by atoms with Crippen molar-refractivity contribution in [3.05, 3.63) is 59.4 Å². The second kappa shape index (κ2) is 5.44. The van der Waals surface area contributed by atoms with Crippen molar-refractivity contribution in [3.63, 3.8) is 0 Å². The first-order chi connectivity index (χ1) is 9.82. The van der Waals surface area contributed by atoms with Gasteiger partial charge in [0.05, 0.1) is 17.2 Å². The first kappa shape index (κ1) is 14.9. The number of hydrogen-bond donors (Lipinski definition) is 0. The van der Waals surface area contributed by atoms with Crippen LogP contribution in [-0.4, -0.2) is 7.05 Å². The van der Waals surface area contributed by atoms with Gasteiger partial charge < -0.3 is 4.90 Å². The molecule has 0 atom stereocenters. The van der Waals surface area contributed by atoms with Gasteiger partial charge in [-0.3, -0.25) is 0 Å². The Balaban J connectivity index is 2.45. The first-order valence-corrected chi connectivity index (χ1v) is 5.93. The van der Waals surface area contributed by atoms with E-state index < -0.39 is 23.1 Å². The fourth-order valence-electron chi connectivity index (χ4n) is 1.89. The lowest BCUT2D eigenvalue weighted by Crippen LogP contribution is -2.13. The zero-order valence-corrected chi connectivity index (χ0v) is 10.9. The van der Waals surface area contributed by atoms with E-state index in [9.17, 15) is 17.6 Å². The van der Waals surface area contributed by atoms with Gasteiger partial charge in [0.1, 0.15) is 5.82 Å². The average molecular weight is 294 g/mol. The molecule has 0 spiro atoms. The molecule has 0 unspecified atom stereocenters. The van der Waals surface area contributed by atoms with Crippen LogP contribution in [0.2, 0.25) is 0 Å². The van der Waals surface area contributed by atoms with Crippen molar-refractivity contribution in [1.82, 2.24) is 0 Å². The summed E-state index contributed by atoms with van der Waals surface area (Å²) < 4.78 is 51.6. The molecular weight excluding hydrogens is 284 g/mol. The van der Waals surface area contributed by atoms with Gasteiger partial charge in [-0.1, -0.05) is 0 Å². The summed E-state index contributed by atoms with van der Waals surface area (Å²) in [7, 11) is 1.56. The van der Waals surface area contributed by atoms with Gasteiger partial charge >= 0.3 is 6.18 Å². The van der Waals surface area contributed by atoms with Crippen LogP contribution >= 0.6 is 0 Å². The molecule has 0 saturated heterocycles. The Morgan fingerprint density at radius 3 is 2.10 bits per heavy atom. The quantitative estimate of drug-likeness (QED) is 0.763. The van der Waals surface area contributed by atoms with Crippen molar-refractivity contribution in [2.45, 2.75) is 6.18 Å². The second-order valence-electron chi connectivity index (χ2n) is 4.37. The molecule has 2 rings (SSSR count). The van der Waals surface area contributed by atoms with E-state index in [1.807, 2.05) is 0 Å². The number of alkyl halides is 3. The Morgan fingerprint density at radius 2 is 1.57 bits per heavy atom. The maximum Gasteiger partial charge on any atom is 0.417 e. The molecular formula is C15H10F4N2. The van der Waals surface area contributed by atoms with Crippen molar-refractivity contribution in [2.24, 2.45) is 0 Å². The van der Waals surface area contributed by atoms with Gasteiger partial charge in [-0.05, 0) is 42.5 Å². The topological polar surface area (TPSA) is 27.0 Å². The maximum atomic E-state index is 12.9. The third kappa shape index (κ3) is 3.14. The minimum Gasteiger partial charge on any atom is -0.345 e. The monoisotopic (exact) mass is 294 g/mol. The van der Waals surface area contributed by atoms with Crippen LogP contribution in [0, 0.1) is 17.1 Å². The molecule has 0 saturated carbocycles. The zero-order valence-electron chi connectivity index (χ0n) is 10.9. The molecule has 0 N–H and O–H groups in total. The van der Waals surface area contributed by atoms with Crippen molar-refractivity contribution in [3.8, 4) is 6.07 Å². The summed E-state index contributed by atoms with van der Waals surface area (Å²) in [6, 6.07) is 10.3. The van der Waals surface area contributed by atoms with E-state index in [0.717, 1.165) is 12.1 Å². The number of halogens is 4. The summed E-state index contributed by atoms with van der Waals surface area (Å²) in [6.07, 6.45) is -4.61. The summed E-state index contributed by atoms with van der Waals surface area (Å²) in [5, 5.41) is 8.75. The summed E-state index contributed by atoms with van der Waals surface area (Å²) >= 11 is 0. The van der Waals surface area contributed by atoms with Gasteiger partial charge in [0.2, 0.25) is 0 Å². The highest BCUT2D eigenvalue weighted by molar-refractivity contribution is 5.64. The van der Waals surface area contributed by atoms with Crippen LogP contribution in [0.1, 0.15) is 11.1 Å². The molecule has 2 aromatic rings. The van der Waals surface area contributed by atoms with Crippen LogP contribution < -0.4 is 4.90 Å². The average Bonchev–Trinajstić information content (AvgIpc) is 2.45. The summed E-state index contributed by atoms with van der Waals surface area (Å²) in [5.41, 5.74) is -0.627. The van der Waals surface area contributed by atoms with Crippen LogP contribution in [0.5, 0.6) is 0 Å². The largest absolute Gasteiger partial charge is 0.417 e. The van der Waals surface area contributed by atoms with Gasteiger partial charge in [0.25, 0.3) is 0 Å². The van der Waals surface area contributed by atoms with E-state index in [2.05, 4.69) is 0 Å². The van der Waals surface area contributed by atoms with Crippen molar-refractivity contribution in [2.75, 3.05) is 11.9 Å². The van der Waals surface area contributed by atoms with Crippen molar-refractivity contribution < 1.29 is 17.6 Å². The minimum absolute atomic E-state index is 0.257. The predicted octanol–water partition coefficient (Wildman–Crippen LogP) is 4.48. The standard InChI is InChI=1S/C15H10F4N2/c1-21(12-6-3-11(16)4-7-12)13-5-2-10(9-20)14(8-13)15(17,18)19/h2-8H,1H3. The van der Waals surface area contributed by atoms with E-state index in [1.54, 1.807) is 7.05 Å². The SMILES string of the molecule is CN(c1ccc(F)cc1)c1ccc(C#N)c(C(F)(F)F)c1. The number of nitriles is 1. The van der Waals surface area contributed by atoms with Gasteiger partial charge in [-0.15, -0.1) is 0 Å². The fourth-order valence-corrected chi connectivity index (χ4v) is 1.89. The third-order valence-electron chi connectivity index (χ3n) is 3.03. The molecule has 0 bridgehead atoms. The maximum absolute atomic E-state index is 12.9. The molecule has 0 fully saturated rings. The number of nitrogens with zero attached hydrogens (tertiary/aromatic N) is 2. The van der Waals surface area contributed by atoms with Crippen LogP contribution in [0.15, 0.2) is 42.5 Å².